The number of piperidine rings is 1. The van der Waals surface area contributed by atoms with Crippen molar-refractivity contribution in [2.45, 2.75) is 35.8 Å². The molecule has 3 aliphatic rings. The topological polar surface area (TPSA) is 111 Å². The maximum atomic E-state index is 14.9. The minimum absolute atomic E-state index is 0.0972. The van der Waals surface area contributed by atoms with Crippen molar-refractivity contribution in [1.82, 2.24) is 15.1 Å². The molecule has 1 atom stereocenters. The first kappa shape index (κ1) is 27.5. The summed E-state index contributed by atoms with van der Waals surface area (Å²) in [6.07, 6.45) is 0. The van der Waals surface area contributed by atoms with Crippen LogP contribution in [0.1, 0.15) is 27.0 Å². The number of amides is 3. The lowest BCUT2D eigenvalue weighted by molar-refractivity contribution is -0.172. The lowest BCUT2D eigenvalue weighted by atomic mass is 9.25. The number of benzene rings is 2. The Labute approximate surface area is 230 Å². The number of aliphatic hydroxyl groups is 1. The molecule has 2 aromatic carbocycles. The van der Waals surface area contributed by atoms with Gasteiger partial charge in [0.15, 0.2) is 0 Å². The van der Waals surface area contributed by atoms with Crippen molar-refractivity contribution in [2.75, 3.05) is 31.6 Å². The van der Waals surface area contributed by atoms with Gasteiger partial charge in [0.25, 0.3) is 11.8 Å². The number of imide groups is 1. The van der Waals surface area contributed by atoms with Crippen molar-refractivity contribution in [1.29, 1.82) is 0 Å². The number of nitrogens with one attached hydrogen (secondary N) is 2. The third kappa shape index (κ3) is 4.38. The summed E-state index contributed by atoms with van der Waals surface area (Å²) in [7, 11) is 23.5. The van der Waals surface area contributed by atoms with Crippen LogP contribution in [0.5, 0.6) is 0 Å². The number of hydrogen-bond acceptors (Lipinski definition) is 7. The molecule has 3 amide bonds. The Morgan fingerprint density at radius 2 is 1.77 bits per heavy atom. The summed E-state index contributed by atoms with van der Waals surface area (Å²) in [6, 6.07) is 9.81. The molecule has 2 fully saturated rings. The molecule has 0 saturated carbocycles. The van der Waals surface area contributed by atoms with Crippen molar-refractivity contribution in [2.24, 2.45) is 0 Å². The van der Waals surface area contributed by atoms with Crippen molar-refractivity contribution in [3.8, 4) is 0 Å². The van der Waals surface area contributed by atoms with Crippen LogP contribution in [0.15, 0.2) is 36.4 Å². The fraction of sp³-hybridized carbons (Fsp3) is 0.400. The summed E-state index contributed by atoms with van der Waals surface area (Å²) in [5.74, 6) is -3.70. The zero-order chi connectivity index (χ0) is 28.2. The first-order valence-corrected chi connectivity index (χ1v) is 12.4. The highest BCUT2D eigenvalue weighted by Crippen LogP contribution is 2.55. The van der Waals surface area contributed by atoms with E-state index in [9.17, 15) is 23.9 Å². The molecule has 3 N–H and O–H groups in total. The second kappa shape index (κ2) is 9.83. The monoisotopic (exact) mass is 522 g/mol. The molecule has 2 aromatic rings. The number of ether oxygens (including phenoxy) is 1. The summed E-state index contributed by atoms with van der Waals surface area (Å²) in [5.41, 5.74) is -0.694. The van der Waals surface area contributed by atoms with E-state index < -0.39 is 33.9 Å². The van der Waals surface area contributed by atoms with E-state index in [2.05, 4.69) is 10.2 Å². The van der Waals surface area contributed by atoms with E-state index >= 15 is 0 Å². The number of rotatable bonds is 6. The van der Waals surface area contributed by atoms with Gasteiger partial charge < -0.3 is 15.2 Å². The van der Waals surface area contributed by atoms with Crippen LogP contribution in [-0.4, -0.2) is 96.0 Å². The number of fused-ring (bicyclic) bond motifs is 1. The molecule has 0 aliphatic carbocycles. The predicted molar refractivity (Wildman–Crippen MR) is 143 cm³/mol. The van der Waals surface area contributed by atoms with E-state index in [0.717, 1.165) is 23.6 Å². The SMILES string of the molecule is [B]C1([B])C(=O)NC(=O)C(O)(N2Cc3c(NCc4ccc(CN5CCOCC5)cc4F)cccc3C2=O)C1([B])[B]. The Morgan fingerprint density at radius 1 is 1.05 bits per heavy atom. The van der Waals surface area contributed by atoms with Gasteiger partial charge >= 0.3 is 0 Å². The van der Waals surface area contributed by atoms with E-state index in [1.165, 1.54) is 12.1 Å². The molecule has 8 radical (unpaired) electrons. The normalized spacial score (nSPS) is 24.4. The van der Waals surface area contributed by atoms with E-state index in [4.69, 9.17) is 36.1 Å². The molecule has 5 rings (SSSR count). The van der Waals surface area contributed by atoms with E-state index in [0.29, 0.717) is 36.6 Å². The number of anilines is 1. The maximum absolute atomic E-state index is 14.9. The first-order chi connectivity index (χ1) is 18.4. The molecule has 3 heterocycles. The number of nitrogens with zero attached hydrogens (tertiary/aromatic N) is 2. The Hall–Kier alpha value is -3.08. The molecule has 192 valence electrons. The molecule has 1 unspecified atom stereocenters. The number of carbonyl (C=O) groups is 3. The minimum atomic E-state index is -2.96. The van der Waals surface area contributed by atoms with Crippen LogP contribution in [0.25, 0.3) is 0 Å². The van der Waals surface area contributed by atoms with Crippen LogP contribution < -0.4 is 10.6 Å². The van der Waals surface area contributed by atoms with Crippen molar-refractivity contribution < 1.29 is 28.6 Å². The zero-order valence-corrected chi connectivity index (χ0v) is 21.1. The molecule has 9 nitrogen and oxygen atoms in total. The average molecular weight is 522 g/mol. The van der Waals surface area contributed by atoms with Crippen molar-refractivity contribution >= 4 is 54.8 Å². The van der Waals surface area contributed by atoms with Crippen LogP contribution in [0.3, 0.4) is 0 Å². The maximum Gasteiger partial charge on any atom is 0.278 e. The van der Waals surface area contributed by atoms with Crippen LogP contribution in [0.2, 0.25) is 10.4 Å². The quantitative estimate of drug-likeness (QED) is 0.346. The van der Waals surface area contributed by atoms with Gasteiger partial charge in [0.05, 0.1) is 51.1 Å². The molecule has 0 bridgehead atoms. The van der Waals surface area contributed by atoms with Crippen LogP contribution in [-0.2, 0) is 34.0 Å². The van der Waals surface area contributed by atoms with Gasteiger partial charge in [-0.3, -0.25) is 29.5 Å². The third-order valence-corrected chi connectivity index (χ3v) is 7.64. The van der Waals surface area contributed by atoms with Crippen LogP contribution in [0, 0.1) is 5.82 Å². The summed E-state index contributed by atoms with van der Waals surface area (Å²) >= 11 is 0. The largest absolute Gasteiger partial charge is 0.381 e. The van der Waals surface area contributed by atoms with Gasteiger partial charge in [-0.25, -0.2) is 4.39 Å². The van der Waals surface area contributed by atoms with Gasteiger partial charge in [0.2, 0.25) is 11.6 Å². The average Bonchev–Trinajstić information content (AvgIpc) is 3.24. The van der Waals surface area contributed by atoms with Crippen LogP contribution >= 0.6 is 0 Å². The molecule has 3 aliphatic heterocycles. The number of morpholine rings is 1. The molecule has 0 aromatic heterocycles. The summed E-state index contributed by atoms with van der Waals surface area (Å²) in [6.45, 7) is 3.30. The second-order valence-electron chi connectivity index (χ2n) is 10.1. The fourth-order valence-corrected chi connectivity index (χ4v) is 5.10. The number of carbonyl (C=O) groups excluding carboxylic acids is 3. The van der Waals surface area contributed by atoms with Gasteiger partial charge in [0, 0.05) is 48.6 Å². The van der Waals surface area contributed by atoms with Crippen molar-refractivity contribution in [3.63, 3.8) is 0 Å². The highest BCUT2D eigenvalue weighted by atomic mass is 19.1. The lowest BCUT2D eigenvalue weighted by Crippen LogP contribution is -2.74. The number of hydrogen-bond donors (Lipinski definition) is 3. The number of halogens is 1. The van der Waals surface area contributed by atoms with Gasteiger partial charge in [-0.2, -0.15) is 0 Å². The summed E-state index contributed by atoms with van der Waals surface area (Å²) < 4.78 is 20.3. The molecule has 2 saturated heterocycles. The third-order valence-electron chi connectivity index (χ3n) is 7.64. The predicted octanol–water partition coefficient (Wildman–Crippen LogP) is -0.523. The summed E-state index contributed by atoms with van der Waals surface area (Å²) in [4.78, 5) is 41.2. The van der Waals surface area contributed by atoms with E-state index in [-0.39, 0.29) is 24.5 Å². The van der Waals surface area contributed by atoms with E-state index in [1.54, 1.807) is 18.2 Å². The van der Waals surface area contributed by atoms with Gasteiger partial charge in [0.1, 0.15) is 5.82 Å². The van der Waals surface area contributed by atoms with Crippen LogP contribution in [0.4, 0.5) is 10.1 Å². The Bertz CT molecular complexity index is 1350. The standard InChI is InChI=1S/C25H23B4FN4O5/c26-23(27)21(36)32-22(37)24(38,25(23,28)29)34-13-17-16(20(34)35)2-1-3-19(17)31-11-15-5-4-14(10-18(15)30)12-33-6-8-39-9-7-33/h1-5,10,31,38H,6-9,11-13H2,(H,32,36,37). The minimum Gasteiger partial charge on any atom is -0.381 e. The van der Waals surface area contributed by atoms with E-state index in [1.807, 2.05) is 11.4 Å². The Morgan fingerprint density at radius 3 is 2.46 bits per heavy atom. The fourth-order valence-electron chi connectivity index (χ4n) is 5.10. The Kier molecular flexibility index (Phi) is 6.93. The molecule has 39 heavy (non-hydrogen) atoms. The first-order valence-electron chi connectivity index (χ1n) is 12.4. The molecule has 14 heteroatoms. The highest BCUT2D eigenvalue weighted by molar-refractivity contribution is 6.64. The van der Waals surface area contributed by atoms with Gasteiger partial charge in [-0.15, -0.1) is 0 Å². The molecular formula is C25H23B4FN4O5. The Balaban J connectivity index is 1.35. The molecular weight excluding hydrogens is 499 g/mol. The molecule has 0 spiro atoms. The van der Waals surface area contributed by atoms with Gasteiger partial charge in [-0.05, 0) is 34.2 Å². The lowest BCUT2D eigenvalue weighted by Gasteiger charge is -2.57. The highest BCUT2D eigenvalue weighted by Gasteiger charge is 2.66. The summed E-state index contributed by atoms with van der Waals surface area (Å²) in [5, 5.41) is 11.0. The van der Waals surface area contributed by atoms with Gasteiger partial charge in [-0.1, -0.05) is 18.2 Å². The second-order valence-corrected chi connectivity index (χ2v) is 10.1. The smallest absolute Gasteiger partial charge is 0.278 e. The van der Waals surface area contributed by atoms with Crippen molar-refractivity contribution in [3.05, 3.63) is 64.5 Å². The zero-order valence-electron chi connectivity index (χ0n) is 21.1.